The number of nitrogen functional groups attached to an aromatic ring is 1. The average Bonchev–Trinajstić information content (AvgIpc) is 2.71. The van der Waals surface area contributed by atoms with Crippen molar-refractivity contribution in [2.24, 2.45) is 0 Å². The lowest BCUT2D eigenvalue weighted by molar-refractivity contribution is -0.141. The fourth-order valence-corrected chi connectivity index (χ4v) is 1.72. The molecule has 2 N–H and O–H groups in total. The Balaban J connectivity index is 2.59. The number of ether oxygens (including phenoxy) is 1. The number of hydrogen-bond donors (Lipinski definition) is 1. The predicted octanol–water partition coefficient (Wildman–Crippen LogP) is 3.14. The molecule has 0 radical (unpaired) electrons. The minimum Gasteiger partial charge on any atom is -0.494 e. The van der Waals surface area contributed by atoms with E-state index >= 15 is 0 Å². The van der Waals surface area contributed by atoms with Gasteiger partial charge in [0.2, 0.25) is 0 Å². The minimum absolute atomic E-state index is 0.159. The van der Waals surface area contributed by atoms with Crippen LogP contribution in [-0.4, -0.2) is 16.9 Å². The van der Waals surface area contributed by atoms with Crippen molar-refractivity contribution in [1.82, 2.24) is 9.78 Å². The molecule has 19 heavy (non-hydrogen) atoms. The maximum absolute atomic E-state index is 12.6. The van der Waals surface area contributed by atoms with Crippen LogP contribution < -0.4 is 10.5 Å². The number of nitrogens with two attached hydrogens (primary N) is 1. The van der Waals surface area contributed by atoms with Crippen molar-refractivity contribution < 1.29 is 17.9 Å². The summed E-state index contributed by atoms with van der Waals surface area (Å²) in [5.41, 5.74) is 4.71. The molecule has 2 aromatic rings. The molecule has 8 heteroatoms. The monoisotopic (exact) mass is 291 g/mol. The van der Waals surface area contributed by atoms with Crippen LogP contribution in [0.2, 0.25) is 5.02 Å². The molecule has 0 bridgehead atoms. The Morgan fingerprint density at radius 1 is 1.32 bits per heavy atom. The van der Waals surface area contributed by atoms with Crippen LogP contribution in [0.4, 0.5) is 19.0 Å². The third-order valence-corrected chi connectivity index (χ3v) is 2.63. The predicted molar refractivity (Wildman–Crippen MR) is 64.5 cm³/mol. The molecule has 2 rings (SSSR count). The second-order valence-corrected chi connectivity index (χ2v) is 4.12. The molecule has 0 aliphatic heterocycles. The molecule has 0 fully saturated rings. The van der Waals surface area contributed by atoms with Gasteiger partial charge in [-0.25, -0.2) is 4.68 Å². The van der Waals surface area contributed by atoms with Gasteiger partial charge in [0.15, 0.2) is 5.69 Å². The van der Waals surface area contributed by atoms with Crippen LogP contribution in [0.1, 0.15) is 5.69 Å². The molecule has 0 aliphatic carbocycles. The van der Waals surface area contributed by atoms with Gasteiger partial charge in [-0.1, -0.05) is 11.6 Å². The topological polar surface area (TPSA) is 53.1 Å². The Morgan fingerprint density at radius 2 is 2.00 bits per heavy atom. The van der Waals surface area contributed by atoms with Crippen molar-refractivity contribution in [3.05, 3.63) is 35.0 Å². The number of hydrogen-bond acceptors (Lipinski definition) is 3. The summed E-state index contributed by atoms with van der Waals surface area (Å²) in [5.74, 6) is 0.154. The first-order chi connectivity index (χ1) is 8.82. The molecule has 0 amide bonds. The van der Waals surface area contributed by atoms with E-state index in [9.17, 15) is 13.2 Å². The maximum atomic E-state index is 12.6. The van der Waals surface area contributed by atoms with E-state index in [0.29, 0.717) is 10.8 Å². The fraction of sp³-hybridized carbons (Fsp3) is 0.182. The highest BCUT2D eigenvalue weighted by molar-refractivity contribution is 6.30. The first kappa shape index (κ1) is 13.5. The van der Waals surface area contributed by atoms with E-state index in [1.54, 1.807) is 6.07 Å². The van der Waals surface area contributed by atoms with Gasteiger partial charge in [0.05, 0.1) is 7.11 Å². The summed E-state index contributed by atoms with van der Waals surface area (Å²) in [6.07, 6.45) is -4.56. The Labute approximate surface area is 111 Å². The second-order valence-electron chi connectivity index (χ2n) is 3.68. The molecule has 1 heterocycles. The van der Waals surface area contributed by atoms with Crippen LogP contribution in [0.25, 0.3) is 5.69 Å². The van der Waals surface area contributed by atoms with Gasteiger partial charge in [0, 0.05) is 11.1 Å². The summed E-state index contributed by atoms with van der Waals surface area (Å²) in [4.78, 5) is 0. The number of benzene rings is 1. The zero-order chi connectivity index (χ0) is 14.2. The normalized spacial score (nSPS) is 11.6. The molecule has 0 unspecified atom stereocenters. The summed E-state index contributed by atoms with van der Waals surface area (Å²) < 4.78 is 43.7. The van der Waals surface area contributed by atoms with Crippen molar-refractivity contribution in [1.29, 1.82) is 0 Å². The van der Waals surface area contributed by atoms with Crippen molar-refractivity contribution in [2.75, 3.05) is 12.8 Å². The number of nitrogens with zero attached hydrogens (tertiary/aromatic N) is 2. The quantitative estimate of drug-likeness (QED) is 0.925. The number of alkyl halides is 3. The molecule has 0 atom stereocenters. The lowest BCUT2D eigenvalue weighted by atomic mass is 10.3. The summed E-state index contributed by atoms with van der Waals surface area (Å²) in [6.45, 7) is 0. The molecule has 0 spiro atoms. The molecular formula is C11H9ClF3N3O. The van der Waals surface area contributed by atoms with Crippen molar-refractivity contribution in [3.8, 4) is 11.4 Å². The molecule has 1 aromatic carbocycles. The van der Waals surface area contributed by atoms with Gasteiger partial charge in [0.25, 0.3) is 0 Å². The highest BCUT2D eigenvalue weighted by atomic mass is 35.5. The van der Waals surface area contributed by atoms with Crippen LogP contribution in [0, 0.1) is 0 Å². The van der Waals surface area contributed by atoms with E-state index in [1.165, 1.54) is 19.2 Å². The Morgan fingerprint density at radius 3 is 2.53 bits per heavy atom. The van der Waals surface area contributed by atoms with Gasteiger partial charge >= 0.3 is 6.18 Å². The van der Waals surface area contributed by atoms with Gasteiger partial charge in [-0.05, 0) is 18.2 Å². The van der Waals surface area contributed by atoms with Crippen LogP contribution in [0.3, 0.4) is 0 Å². The number of rotatable bonds is 2. The lowest BCUT2D eigenvalue weighted by Gasteiger charge is -2.10. The first-order valence-corrected chi connectivity index (χ1v) is 5.47. The van der Waals surface area contributed by atoms with E-state index in [1.807, 2.05) is 0 Å². The molecule has 4 nitrogen and oxygen atoms in total. The maximum Gasteiger partial charge on any atom is 0.435 e. The van der Waals surface area contributed by atoms with Crippen LogP contribution in [-0.2, 0) is 6.18 Å². The van der Waals surface area contributed by atoms with Gasteiger partial charge in [-0.15, -0.1) is 0 Å². The highest BCUT2D eigenvalue weighted by Crippen LogP contribution is 2.33. The SMILES string of the molecule is COc1ccc(Cl)cc1-n1nc(C(F)(F)F)cc1N. The van der Waals surface area contributed by atoms with E-state index in [-0.39, 0.29) is 11.5 Å². The summed E-state index contributed by atoms with van der Waals surface area (Å²) >= 11 is 5.81. The standard InChI is InChI=1S/C11H9ClF3N3O/c1-19-8-3-2-6(12)4-7(8)18-10(16)5-9(17-18)11(13,14)15/h2-5H,16H2,1H3. The smallest absolute Gasteiger partial charge is 0.435 e. The number of aromatic nitrogens is 2. The second kappa shape index (κ2) is 4.65. The summed E-state index contributed by atoms with van der Waals surface area (Å²) in [6, 6.07) is 5.24. The van der Waals surface area contributed by atoms with E-state index in [2.05, 4.69) is 5.10 Å². The van der Waals surface area contributed by atoms with Crippen LogP contribution in [0.15, 0.2) is 24.3 Å². The van der Waals surface area contributed by atoms with E-state index in [0.717, 1.165) is 10.7 Å². The number of methoxy groups -OCH3 is 1. The summed E-state index contributed by atoms with van der Waals surface area (Å²) in [5, 5.41) is 3.76. The molecule has 0 saturated heterocycles. The van der Waals surface area contributed by atoms with Crippen molar-refractivity contribution in [3.63, 3.8) is 0 Å². The fourth-order valence-electron chi connectivity index (χ4n) is 1.56. The zero-order valence-electron chi connectivity index (χ0n) is 9.70. The Hall–Kier alpha value is -1.89. The van der Waals surface area contributed by atoms with Crippen LogP contribution in [0.5, 0.6) is 5.75 Å². The van der Waals surface area contributed by atoms with Gasteiger partial charge in [-0.2, -0.15) is 18.3 Å². The molecule has 1 aromatic heterocycles. The Kier molecular flexibility index (Phi) is 3.32. The van der Waals surface area contributed by atoms with Gasteiger partial charge in [-0.3, -0.25) is 0 Å². The molecule has 0 aliphatic rings. The largest absolute Gasteiger partial charge is 0.494 e. The van der Waals surface area contributed by atoms with Gasteiger partial charge < -0.3 is 10.5 Å². The highest BCUT2D eigenvalue weighted by Gasteiger charge is 2.35. The number of halogens is 4. The van der Waals surface area contributed by atoms with E-state index < -0.39 is 11.9 Å². The van der Waals surface area contributed by atoms with Gasteiger partial charge in [0.1, 0.15) is 17.3 Å². The Bertz CT molecular complexity index is 610. The zero-order valence-corrected chi connectivity index (χ0v) is 10.5. The third kappa shape index (κ3) is 2.60. The lowest BCUT2D eigenvalue weighted by Crippen LogP contribution is -2.08. The summed E-state index contributed by atoms with van der Waals surface area (Å²) in [7, 11) is 1.39. The molecular weight excluding hydrogens is 283 g/mol. The van der Waals surface area contributed by atoms with Crippen LogP contribution >= 0.6 is 11.6 Å². The average molecular weight is 292 g/mol. The van der Waals surface area contributed by atoms with Crippen molar-refractivity contribution in [2.45, 2.75) is 6.18 Å². The minimum atomic E-state index is -4.56. The van der Waals surface area contributed by atoms with Crippen molar-refractivity contribution >= 4 is 17.4 Å². The first-order valence-electron chi connectivity index (χ1n) is 5.09. The van der Waals surface area contributed by atoms with E-state index in [4.69, 9.17) is 22.1 Å². The molecule has 102 valence electrons. The number of anilines is 1. The molecule has 0 saturated carbocycles. The third-order valence-electron chi connectivity index (χ3n) is 2.40.